The number of carbonyl (C=O) groups is 3. The smallest absolute Gasteiger partial charge is 0.410 e. The Morgan fingerprint density at radius 2 is 1.55 bits per heavy atom. The van der Waals surface area contributed by atoms with Gasteiger partial charge in [-0.3, -0.25) is 24.0 Å². The van der Waals surface area contributed by atoms with Crippen molar-refractivity contribution in [3.63, 3.8) is 0 Å². The number of nitrogens with one attached hydrogen (secondary N) is 2. The Balaban J connectivity index is 1.04. The zero-order chi connectivity index (χ0) is 45.9. The molecule has 2 unspecified atom stereocenters. The lowest BCUT2D eigenvalue weighted by Crippen LogP contribution is -2.50. The van der Waals surface area contributed by atoms with Crippen LogP contribution in [0.15, 0.2) is 114 Å². The van der Waals surface area contributed by atoms with E-state index in [1.165, 1.54) is 15.9 Å². The molecule has 0 saturated carbocycles. The first kappa shape index (κ1) is 45.7. The van der Waals surface area contributed by atoms with Crippen molar-refractivity contribution in [3.05, 3.63) is 137 Å². The normalized spacial score (nSPS) is 19.0. The van der Waals surface area contributed by atoms with E-state index < -0.39 is 36.9 Å². The molecule has 5 aromatic rings. The van der Waals surface area contributed by atoms with Gasteiger partial charge in [-0.2, -0.15) is 0 Å². The Morgan fingerprint density at radius 1 is 0.892 bits per heavy atom. The number of carbonyl (C=O) groups excluding carboxylic acids is 3. The average Bonchev–Trinajstić information content (AvgIpc) is 3.86. The minimum Gasteiger partial charge on any atom is -0.448 e. The number of guanidine groups is 1. The molecule has 1 fully saturated rings. The first-order chi connectivity index (χ1) is 31.1. The maximum absolute atomic E-state index is 14.1. The number of aromatic nitrogens is 2. The molecule has 4 aromatic carbocycles. The van der Waals surface area contributed by atoms with E-state index in [1.54, 1.807) is 63.7 Å². The molecule has 0 spiro atoms. The Bertz CT molecular complexity index is 2570. The number of hydrogen-bond acceptors (Lipinski definition) is 12. The zero-order valence-electron chi connectivity index (χ0n) is 36.7. The molecule has 1 saturated heterocycles. The number of hydrogen-bond donors (Lipinski definition) is 2. The van der Waals surface area contributed by atoms with Crippen LogP contribution in [-0.2, 0) is 45.9 Å². The second kappa shape index (κ2) is 19.3. The number of nitrogens with zero attached hydrogens (tertiary/aromatic N) is 5. The molecule has 65 heavy (non-hydrogen) atoms. The monoisotopic (exact) mass is 923 g/mol. The highest BCUT2D eigenvalue weighted by atomic mass is 35.7. The zero-order valence-corrected chi connectivity index (χ0v) is 38.3. The van der Waals surface area contributed by atoms with Gasteiger partial charge in [-0.1, -0.05) is 91.0 Å². The van der Waals surface area contributed by atoms with Crippen molar-refractivity contribution >= 4 is 47.9 Å². The highest BCUT2D eigenvalue weighted by Crippen LogP contribution is 2.54. The van der Waals surface area contributed by atoms with E-state index in [2.05, 4.69) is 34.9 Å². The highest BCUT2D eigenvalue weighted by Gasteiger charge is 2.39. The largest absolute Gasteiger partial charge is 0.448 e. The van der Waals surface area contributed by atoms with Crippen molar-refractivity contribution in [2.45, 2.75) is 58.3 Å². The predicted octanol–water partition coefficient (Wildman–Crippen LogP) is 8.26. The lowest BCUT2D eigenvalue weighted by molar-refractivity contribution is -0.143. The van der Waals surface area contributed by atoms with Gasteiger partial charge in [-0.15, -0.1) is 0 Å². The molecule has 18 heteroatoms. The quantitative estimate of drug-likeness (QED) is 0.0658. The van der Waals surface area contributed by atoms with Crippen molar-refractivity contribution in [2.24, 2.45) is 10.4 Å². The second-order valence-corrected chi connectivity index (χ2v) is 20.4. The van der Waals surface area contributed by atoms with Crippen LogP contribution >= 0.6 is 18.1 Å². The van der Waals surface area contributed by atoms with Gasteiger partial charge in [0.15, 0.2) is 12.5 Å². The number of aliphatic imine (C=N–C) groups is 1. The van der Waals surface area contributed by atoms with Crippen LogP contribution in [0.25, 0.3) is 11.1 Å². The topological polar surface area (TPSA) is 175 Å². The molecule has 3 heterocycles. The molecule has 2 amide bonds. The second-order valence-electron chi connectivity index (χ2n) is 17.2. The third-order valence-corrected chi connectivity index (χ3v) is 13.7. The molecule has 4 atom stereocenters. The Hall–Kier alpha value is -5.87. The molecule has 1 aromatic heterocycles. The fourth-order valence-corrected chi connectivity index (χ4v) is 8.39. The predicted molar refractivity (Wildman–Crippen MR) is 244 cm³/mol. The van der Waals surface area contributed by atoms with Gasteiger partial charge in [-0.25, -0.2) is 19.4 Å². The van der Waals surface area contributed by atoms with Crippen molar-refractivity contribution in [1.82, 2.24) is 24.4 Å². The lowest BCUT2D eigenvalue weighted by Gasteiger charge is -2.39. The van der Waals surface area contributed by atoms with Crippen molar-refractivity contribution < 1.29 is 42.4 Å². The summed E-state index contributed by atoms with van der Waals surface area (Å²) < 4.78 is 46.2. The van der Waals surface area contributed by atoms with Crippen molar-refractivity contribution in [1.29, 1.82) is 0 Å². The lowest BCUT2D eigenvalue weighted by atomic mass is 9.97. The number of amides is 2. The van der Waals surface area contributed by atoms with Gasteiger partial charge in [-0.05, 0) is 91.6 Å². The standard InChI is InChI=1S/C47H51ClN7O9P/c1-47(2,3)44(57)64-32-21-19-31(20-22-32)26-60-43-41-42(51-45(52-43)50-39(56)23-30-13-7-6-8-14-30)55(29-49-41)40-25-54(24-33(63-40)27-62-65(48,59)53(4)5)46(58)61-28-38-36-17-11-9-15-34(36)35-16-10-12-18-37(35)38/h6-22,29,33,38,40,43H,23-28H2,1-5H3,(H2,50,51,52,56)/t33-,40+,43?,65?/m0/s1. The number of fused-ring (bicyclic) bond motifs is 4. The van der Waals surface area contributed by atoms with Gasteiger partial charge < -0.3 is 33.7 Å². The minimum absolute atomic E-state index is 0.0222. The molecule has 1 aliphatic carbocycles. The van der Waals surface area contributed by atoms with E-state index in [9.17, 15) is 18.9 Å². The summed E-state index contributed by atoms with van der Waals surface area (Å²) in [6.45, 7) is 1.68. The van der Waals surface area contributed by atoms with Gasteiger partial charge >= 0.3 is 18.9 Å². The van der Waals surface area contributed by atoms with Crippen LogP contribution in [0.1, 0.15) is 67.1 Å². The first-order valence-electron chi connectivity index (χ1n) is 21.2. The summed E-state index contributed by atoms with van der Waals surface area (Å²) in [5, 5.41) is 6.08. The van der Waals surface area contributed by atoms with E-state index in [-0.39, 0.29) is 63.1 Å². The number of halogens is 1. The van der Waals surface area contributed by atoms with E-state index in [0.29, 0.717) is 17.3 Å². The number of morpholine rings is 1. The van der Waals surface area contributed by atoms with Gasteiger partial charge in [0, 0.05) is 5.92 Å². The Labute approximate surface area is 382 Å². The number of imidazole rings is 1. The highest BCUT2D eigenvalue weighted by molar-refractivity contribution is 7.83. The molecule has 0 radical (unpaired) electrons. The van der Waals surface area contributed by atoms with Crippen molar-refractivity contribution in [3.8, 4) is 16.9 Å². The third-order valence-electron chi connectivity index (χ3n) is 11.1. The molecule has 8 rings (SSSR count). The summed E-state index contributed by atoms with van der Waals surface area (Å²) in [7, 11) is 3.08. The molecular weight excluding hydrogens is 873 g/mol. The number of benzene rings is 4. The number of esters is 1. The summed E-state index contributed by atoms with van der Waals surface area (Å²) in [5.41, 5.74) is 5.66. The molecule has 2 N–H and O–H groups in total. The summed E-state index contributed by atoms with van der Waals surface area (Å²) in [4.78, 5) is 50.8. The maximum Gasteiger partial charge on any atom is 0.410 e. The van der Waals surface area contributed by atoms with Crippen LogP contribution in [-0.4, -0.2) is 89.6 Å². The van der Waals surface area contributed by atoms with Crippen LogP contribution in [0.5, 0.6) is 5.75 Å². The van der Waals surface area contributed by atoms with E-state index in [0.717, 1.165) is 33.4 Å². The first-order valence-corrected chi connectivity index (χ1v) is 23.7. The summed E-state index contributed by atoms with van der Waals surface area (Å²) in [6.07, 6.45) is -1.65. The number of ether oxygens (including phenoxy) is 4. The van der Waals surface area contributed by atoms with Crippen LogP contribution in [0.4, 0.5) is 10.6 Å². The fraction of sp³-hybridized carbons (Fsp3) is 0.340. The fourth-order valence-electron chi connectivity index (χ4n) is 7.64. The molecular formula is C47H51ClN7O9P. The maximum atomic E-state index is 14.1. The number of anilines is 1. The molecule has 3 aliphatic rings. The Morgan fingerprint density at radius 3 is 2.22 bits per heavy atom. The van der Waals surface area contributed by atoms with Gasteiger partial charge in [0.25, 0.3) is 0 Å². The summed E-state index contributed by atoms with van der Waals surface area (Å²) in [6, 6.07) is 32.4. The van der Waals surface area contributed by atoms with Crippen LogP contribution < -0.4 is 15.4 Å². The average molecular weight is 924 g/mol. The van der Waals surface area contributed by atoms with Gasteiger partial charge in [0.05, 0.1) is 44.5 Å². The number of rotatable bonds is 13. The van der Waals surface area contributed by atoms with Gasteiger partial charge in [0.2, 0.25) is 11.9 Å². The van der Waals surface area contributed by atoms with Crippen LogP contribution in [0.3, 0.4) is 0 Å². The van der Waals surface area contributed by atoms with E-state index in [4.69, 9.17) is 44.7 Å². The summed E-state index contributed by atoms with van der Waals surface area (Å²) in [5.74, 6) is 0.0509. The van der Waals surface area contributed by atoms with E-state index in [1.807, 2.05) is 54.6 Å². The van der Waals surface area contributed by atoms with Crippen LogP contribution in [0, 0.1) is 5.41 Å². The Kier molecular flexibility index (Phi) is 13.6. The van der Waals surface area contributed by atoms with Gasteiger partial charge in [0.1, 0.15) is 30.0 Å². The summed E-state index contributed by atoms with van der Waals surface area (Å²) >= 11 is 6.26. The SMILES string of the molecule is CN(C)P(=O)(Cl)OC[C@@H]1CN(C(=O)OCC2c3ccccc3-c3ccccc32)C[C@H](n2cnc3c2NC(NC(=O)Cc2ccccc2)=NC3OCc2ccc(OC(=O)C(C)(C)C)cc2)O1. The molecule has 0 bridgehead atoms. The van der Waals surface area contributed by atoms with E-state index >= 15 is 0 Å². The molecule has 16 nitrogen and oxygen atoms in total. The molecule has 2 aliphatic heterocycles. The molecule has 340 valence electrons. The van der Waals surface area contributed by atoms with Crippen LogP contribution in [0.2, 0.25) is 0 Å². The third kappa shape index (κ3) is 10.7. The van der Waals surface area contributed by atoms with Crippen molar-refractivity contribution in [2.75, 3.05) is 45.7 Å². The minimum atomic E-state index is -3.70.